The highest BCUT2D eigenvalue weighted by Gasteiger charge is 2.25. The highest BCUT2D eigenvalue weighted by molar-refractivity contribution is 5.81. The van der Waals surface area contributed by atoms with Gasteiger partial charge in [-0.1, -0.05) is 192 Å². The van der Waals surface area contributed by atoms with Crippen LogP contribution in [0.15, 0.2) is 161 Å². The van der Waals surface area contributed by atoms with Gasteiger partial charge in [-0.25, -0.2) is 15.0 Å². The van der Waals surface area contributed by atoms with Crippen LogP contribution in [0.5, 0.6) is 0 Å². The Kier molecular flexibility index (Phi) is 19.8. The molecule has 0 aliphatic heterocycles. The number of hydrogen-bond acceptors (Lipinski definition) is 12. The van der Waals surface area contributed by atoms with Crippen LogP contribution in [0.25, 0.3) is 33.8 Å². The zero-order chi connectivity index (χ0) is 52.9. The summed E-state index contributed by atoms with van der Waals surface area (Å²) in [5.41, 5.74) is 20.1. The summed E-state index contributed by atoms with van der Waals surface area (Å²) in [6, 6.07) is 49.2. The second-order valence-corrected chi connectivity index (χ2v) is 17.2. The molecule has 9 aromatic rings. The van der Waals surface area contributed by atoms with E-state index in [4.69, 9.17) is 0 Å². The summed E-state index contributed by atoms with van der Waals surface area (Å²) in [5.74, 6) is 2.00. The second-order valence-electron chi connectivity index (χ2n) is 17.2. The van der Waals surface area contributed by atoms with Crippen molar-refractivity contribution in [2.24, 2.45) is 15.0 Å². The summed E-state index contributed by atoms with van der Waals surface area (Å²) in [6.45, 7) is 19.6. The van der Waals surface area contributed by atoms with Gasteiger partial charge in [-0.15, -0.1) is 30.6 Å². The minimum Gasteiger partial charge on any atom is -0.284 e. The molecule has 0 saturated heterocycles. The predicted octanol–water partition coefficient (Wildman–Crippen LogP) is 13.2. The van der Waals surface area contributed by atoms with E-state index in [0.29, 0.717) is 37.1 Å². The summed E-state index contributed by atoms with van der Waals surface area (Å²) in [5, 5.41) is 25.9. The first-order valence-corrected chi connectivity index (χ1v) is 26.0. The van der Waals surface area contributed by atoms with Crippen LogP contribution in [0.3, 0.4) is 0 Å². The lowest BCUT2D eigenvalue weighted by atomic mass is 10.0. The van der Waals surface area contributed by atoms with Gasteiger partial charge in [0, 0.05) is 54.6 Å². The average molecular weight is 991 g/mol. The average Bonchev–Trinajstić information content (AvgIpc) is 4.15. The van der Waals surface area contributed by atoms with Crippen molar-refractivity contribution >= 4 is 18.6 Å². The molecule has 12 nitrogen and oxygen atoms in total. The molecule has 0 unspecified atom stereocenters. The van der Waals surface area contributed by atoms with Gasteiger partial charge in [0.15, 0.2) is 17.5 Å². The van der Waals surface area contributed by atoms with E-state index in [1.807, 2.05) is 151 Å². The minimum absolute atomic E-state index is 0.449. The minimum atomic E-state index is 0.449. The zero-order valence-electron chi connectivity index (χ0n) is 44.7. The van der Waals surface area contributed by atoms with E-state index in [-0.39, 0.29) is 0 Å². The molecule has 0 spiro atoms. The fourth-order valence-electron chi connectivity index (χ4n) is 8.61. The van der Waals surface area contributed by atoms with Crippen LogP contribution in [0.2, 0.25) is 0 Å². The first kappa shape index (κ1) is 54.1. The monoisotopic (exact) mass is 991 g/mol. The molecular formula is C63H66N12. The summed E-state index contributed by atoms with van der Waals surface area (Å²) in [7, 11) is 0. The van der Waals surface area contributed by atoms with Crippen LogP contribution in [-0.4, -0.2) is 64.2 Å². The Morgan fingerprint density at radius 3 is 1.29 bits per heavy atom. The van der Waals surface area contributed by atoms with E-state index in [0.717, 1.165) is 75.7 Å². The van der Waals surface area contributed by atoms with Crippen molar-refractivity contribution in [3.8, 4) is 33.8 Å². The predicted molar refractivity (Wildman–Crippen MR) is 306 cm³/mol. The van der Waals surface area contributed by atoms with Crippen molar-refractivity contribution in [3.63, 3.8) is 0 Å². The number of nitrogens with zero attached hydrogens (tertiary/aromatic N) is 12. The van der Waals surface area contributed by atoms with E-state index in [2.05, 4.69) is 136 Å². The number of benzene rings is 6. The summed E-state index contributed by atoms with van der Waals surface area (Å²) in [6.07, 6.45) is 8.02. The molecule has 0 N–H and O–H groups in total. The van der Waals surface area contributed by atoms with Gasteiger partial charge in [-0.3, -0.25) is 15.0 Å². The van der Waals surface area contributed by atoms with Gasteiger partial charge in [0.2, 0.25) is 0 Å². The normalized spacial score (nSPS) is 11.6. The molecule has 0 amide bonds. The smallest absolute Gasteiger partial charge is 0.172 e. The van der Waals surface area contributed by atoms with Crippen LogP contribution in [0.4, 0.5) is 0 Å². The van der Waals surface area contributed by atoms with E-state index in [9.17, 15) is 0 Å². The molecule has 0 bridgehead atoms. The number of aromatic nitrogens is 9. The first-order valence-electron chi connectivity index (χ1n) is 26.0. The van der Waals surface area contributed by atoms with Gasteiger partial charge < -0.3 is 0 Å². The fourth-order valence-corrected chi connectivity index (χ4v) is 8.61. The van der Waals surface area contributed by atoms with Gasteiger partial charge in [0.1, 0.15) is 36.7 Å². The van der Waals surface area contributed by atoms with Crippen LogP contribution >= 0.6 is 0 Å². The number of rotatable bonds is 9. The Balaban J connectivity index is 0.000000156. The van der Waals surface area contributed by atoms with Gasteiger partial charge in [0.05, 0.1) is 17.1 Å². The van der Waals surface area contributed by atoms with Crippen LogP contribution in [0, 0.1) is 20.8 Å². The fraction of sp³-hybridized carbons (Fsp3) is 0.238. The Bertz CT molecular complexity index is 3370. The van der Waals surface area contributed by atoms with Crippen molar-refractivity contribution < 1.29 is 0 Å². The van der Waals surface area contributed by atoms with E-state index < -0.39 is 0 Å². The summed E-state index contributed by atoms with van der Waals surface area (Å²) < 4.78 is 0. The molecule has 12 rings (SSSR count). The molecule has 75 heavy (non-hydrogen) atoms. The number of hydrogen-bond donors (Lipinski definition) is 0. The molecule has 3 aliphatic rings. The third-order valence-corrected chi connectivity index (χ3v) is 11.9. The quantitative estimate of drug-likeness (QED) is 0.129. The SMILES string of the molecule is CC.CC.CC.Cc1ccc2c(c1)-c1nnc(CN=Cc3ccccc3)nc1C2.Cc1ccc2c(c1)Cc1nc(CN=Cc3ccccc3)nnc1-2.Cc1cccc2c1-c1nnc(CN=Cc3ccccc3)nc1C2. The topological polar surface area (TPSA) is 153 Å². The Hall–Kier alpha value is -8.64. The van der Waals surface area contributed by atoms with Crippen molar-refractivity contribution in [2.75, 3.05) is 0 Å². The largest absolute Gasteiger partial charge is 0.284 e. The van der Waals surface area contributed by atoms with Crippen molar-refractivity contribution in [2.45, 2.75) is 101 Å². The van der Waals surface area contributed by atoms with Crippen molar-refractivity contribution in [3.05, 3.63) is 230 Å². The van der Waals surface area contributed by atoms with E-state index >= 15 is 0 Å². The molecule has 3 heterocycles. The maximum atomic E-state index is 4.65. The first-order chi connectivity index (χ1) is 36.9. The van der Waals surface area contributed by atoms with Crippen molar-refractivity contribution in [1.82, 2.24) is 45.5 Å². The molecule has 3 aliphatic carbocycles. The molecule has 0 atom stereocenters. The Labute approximate surface area is 442 Å². The van der Waals surface area contributed by atoms with Crippen molar-refractivity contribution in [1.29, 1.82) is 0 Å². The maximum Gasteiger partial charge on any atom is 0.172 e. The van der Waals surface area contributed by atoms with Crippen LogP contribution in [0.1, 0.15) is 126 Å². The van der Waals surface area contributed by atoms with Gasteiger partial charge in [-0.2, -0.15) is 0 Å². The molecule has 3 aromatic heterocycles. The van der Waals surface area contributed by atoms with Gasteiger partial charge >= 0.3 is 0 Å². The lowest BCUT2D eigenvalue weighted by molar-refractivity contribution is 0.819. The standard InChI is InChI=1S/3C19H16N4.3C2H6/c1-13-6-5-9-15-10-16-19(18(13)15)23-22-17(21-16)12-20-11-14-7-3-2-4-8-14;1-13-7-8-16-15(9-13)10-17-19(16)23-22-18(21-17)12-20-11-14-5-3-2-4-6-14;1-13-7-8-15-10-17-19(16(15)9-13)23-22-18(21-17)12-20-11-14-5-3-2-4-6-14;3*1-2/h3*2-9,11H,10,12H2,1H3;3*1-2H3. The van der Waals surface area contributed by atoms with Crippen LogP contribution in [-0.2, 0) is 38.9 Å². The Morgan fingerprint density at radius 1 is 0.373 bits per heavy atom. The summed E-state index contributed by atoms with van der Waals surface area (Å²) in [4.78, 5) is 27.2. The highest BCUT2D eigenvalue weighted by atomic mass is 15.2. The van der Waals surface area contributed by atoms with Gasteiger partial charge in [0.25, 0.3) is 0 Å². The third-order valence-electron chi connectivity index (χ3n) is 11.9. The van der Waals surface area contributed by atoms with E-state index in [1.165, 1.54) is 44.5 Å². The third kappa shape index (κ3) is 14.1. The molecule has 0 fully saturated rings. The lowest BCUT2D eigenvalue weighted by Gasteiger charge is -2.03. The lowest BCUT2D eigenvalue weighted by Crippen LogP contribution is -2.01. The molecule has 0 radical (unpaired) electrons. The Morgan fingerprint density at radius 2 is 0.787 bits per heavy atom. The molecule has 0 saturated carbocycles. The molecule has 12 heteroatoms. The number of aryl methyl sites for hydroxylation is 3. The second kappa shape index (κ2) is 27.4. The molecular weight excluding hydrogens is 925 g/mol. The zero-order valence-corrected chi connectivity index (χ0v) is 44.7. The van der Waals surface area contributed by atoms with Gasteiger partial charge in [-0.05, 0) is 65.8 Å². The van der Waals surface area contributed by atoms with Crippen LogP contribution < -0.4 is 0 Å². The molecule has 6 aromatic carbocycles. The highest BCUT2D eigenvalue weighted by Crippen LogP contribution is 2.37. The summed E-state index contributed by atoms with van der Waals surface area (Å²) >= 11 is 0. The molecule has 378 valence electrons. The maximum absolute atomic E-state index is 4.65. The van der Waals surface area contributed by atoms with E-state index in [1.54, 1.807) is 0 Å². The number of aliphatic imine (C=N–C) groups is 3. The number of fused-ring (bicyclic) bond motifs is 9.